The number of pyridine rings is 1. The minimum Gasteiger partial charge on any atom is -0.305 e. The Balaban J connectivity index is 1.89. The van der Waals surface area contributed by atoms with E-state index in [0.717, 1.165) is 11.3 Å². The van der Waals surface area contributed by atoms with E-state index in [4.69, 9.17) is 0 Å². The van der Waals surface area contributed by atoms with Gasteiger partial charge in [0.2, 0.25) is 0 Å². The lowest BCUT2D eigenvalue weighted by Crippen LogP contribution is -2.29. The van der Waals surface area contributed by atoms with E-state index >= 15 is 0 Å². The number of aromatic nitrogens is 1. The minimum atomic E-state index is -2.97. The topological polar surface area (TPSA) is 59.1 Å². The van der Waals surface area contributed by atoms with Crippen molar-refractivity contribution in [2.75, 3.05) is 5.75 Å². The fraction of sp³-hybridized carbons (Fsp3) is 0.364. The number of hydrogen-bond acceptors (Lipinski definition) is 4. The van der Waals surface area contributed by atoms with Gasteiger partial charge in [0.15, 0.2) is 9.84 Å². The molecule has 0 fully saturated rings. The molecule has 5 heteroatoms. The average Bonchev–Trinajstić information content (AvgIpc) is 2.58. The highest BCUT2D eigenvalue weighted by Crippen LogP contribution is 2.08. The molecule has 0 spiro atoms. The Morgan fingerprint density at radius 3 is 2.88 bits per heavy atom. The highest BCUT2D eigenvalue weighted by molar-refractivity contribution is 7.94. The summed E-state index contributed by atoms with van der Waals surface area (Å²) < 4.78 is 22.3. The molecule has 16 heavy (non-hydrogen) atoms. The second kappa shape index (κ2) is 4.35. The third-order valence-electron chi connectivity index (χ3n) is 2.47. The fourth-order valence-corrected chi connectivity index (χ4v) is 2.82. The van der Waals surface area contributed by atoms with Crippen molar-refractivity contribution in [2.24, 2.45) is 0 Å². The number of nitrogens with zero attached hydrogens (tertiary/aromatic N) is 1. The molecule has 1 aliphatic rings. The van der Waals surface area contributed by atoms with Crippen LogP contribution in [0.4, 0.5) is 0 Å². The van der Waals surface area contributed by atoms with Crippen molar-refractivity contribution in [1.29, 1.82) is 0 Å². The SMILES string of the molecule is Cc1ccc(CNC2C=CS(=O)(=O)C2)cn1. The van der Waals surface area contributed by atoms with Crippen molar-refractivity contribution < 1.29 is 8.42 Å². The summed E-state index contributed by atoms with van der Waals surface area (Å²) in [6, 6.07) is 3.85. The van der Waals surface area contributed by atoms with Gasteiger partial charge in [-0.3, -0.25) is 4.98 Å². The third kappa shape index (κ3) is 2.90. The average molecular weight is 238 g/mol. The lowest BCUT2D eigenvalue weighted by molar-refractivity contribution is 0.590. The molecule has 0 aliphatic carbocycles. The maximum Gasteiger partial charge on any atom is 0.173 e. The van der Waals surface area contributed by atoms with Crippen LogP contribution in [-0.4, -0.2) is 25.2 Å². The minimum absolute atomic E-state index is 0.0775. The molecule has 1 atom stereocenters. The van der Waals surface area contributed by atoms with Gasteiger partial charge in [0.25, 0.3) is 0 Å². The Morgan fingerprint density at radius 2 is 2.31 bits per heavy atom. The predicted molar refractivity (Wildman–Crippen MR) is 62.5 cm³/mol. The summed E-state index contributed by atoms with van der Waals surface area (Å²) in [5.74, 6) is 0.159. The van der Waals surface area contributed by atoms with E-state index in [1.807, 2.05) is 19.1 Å². The Morgan fingerprint density at radius 1 is 1.50 bits per heavy atom. The molecule has 86 valence electrons. The van der Waals surface area contributed by atoms with Crippen molar-refractivity contribution in [2.45, 2.75) is 19.5 Å². The zero-order chi connectivity index (χ0) is 11.6. The largest absolute Gasteiger partial charge is 0.305 e. The number of rotatable bonds is 3. The van der Waals surface area contributed by atoms with Gasteiger partial charge in [0, 0.05) is 29.9 Å². The molecule has 4 nitrogen and oxygen atoms in total. The second-order valence-electron chi connectivity index (χ2n) is 3.95. The summed E-state index contributed by atoms with van der Waals surface area (Å²) in [5.41, 5.74) is 2.04. The molecule has 0 saturated carbocycles. The van der Waals surface area contributed by atoms with Gasteiger partial charge in [-0.15, -0.1) is 0 Å². The van der Waals surface area contributed by atoms with Gasteiger partial charge in [0.1, 0.15) is 0 Å². The van der Waals surface area contributed by atoms with Crippen LogP contribution in [0.2, 0.25) is 0 Å². The first-order chi connectivity index (χ1) is 7.55. The molecular weight excluding hydrogens is 224 g/mol. The van der Waals surface area contributed by atoms with Crippen LogP contribution < -0.4 is 5.32 Å². The molecule has 1 unspecified atom stereocenters. The van der Waals surface area contributed by atoms with E-state index in [1.165, 1.54) is 5.41 Å². The van der Waals surface area contributed by atoms with Gasteiger partial charge in [-0.2, -0.15) is 0 Å². The van der Waals surface area contributed by atoms with Crippen LogP contribution in [0.3, 0.4) is 0 Å². The van der Waals surface area contributed by atoms with Crippen LogP contribution in [0.5, 0.6) is 0 Å². The standard InChI is InChI=1S/C11H14N2O2S/c1-9-2-3-10(6-12-9)7-13-11-4-5-16(14,15)8-11/h2-6,11,13H,7-8H2,1H3. The lowest BCUT2D eigenvalue weighted by Gasteiger charge is -2.09. The molecule has 0 aromatic carbocycles. The van der Waals surface area contributed by atoms with Gasteiger partial charge in [-0.1, -0.05) is 12.1 Å². The van der Waals surface area contributed by atoms with Crippen LogP contribution in [-0.2, 0) is 16.4 Å². The van der Waals surface area contributed by atoms with Gasteiger partial charge < -0.3 is 5.32 Å². The number of aryl methyl sites for hydroxylation is 1. The molecule has 0 amide bonds. The number of hydrogen-bond donors (Lipinski definition) is 1. The van der Waals surface area contributed by atoms with E-state index in [1.54, 1.807) is 12.3 Å². The summed E-state index contributed by atoms with van der Waals surface area (Å²) >= 11 is 0. The highest BCUT2D eigenvalue weighted by Gasteiger charge is 2.20. The quantitative estimate of drug-likeness (QED) is 0.846. The number of nitrogens with one attached hydrogen (secondary N) is 1. The summed E-state index contributed by atoms with van der Waals surface area (Å²) in [4.78, 5) is 4.18. The first-order valence-corrected chi connectivity index (χ1v) is 6.82. The van der Waals surface area contributed by atoms with E-state index in [9.17, 15) is 8.42 Å². The van der Waals surface area contributed by atoms with Crippen molar-refractivity contribution in [3.63, 3.8) is 0 Å². The second-order valence-corrected chi connectivity index (χ2v) is 5.88. The summed E-state index contributed by atoms with van der Waals surface area (Å²) in [6.45, 7) is 2.57. The molecular formula is C11H14N2O2S. The zero-order valence-corrected chi connectivity index (χ0v) is 9.87. The van der Waals surface area contributed by atoms with E-state index in [-0.39, 0.29) is 11.8 Å². The van der Waals surface area contributed by atoms with E-state index in [0.29, 0.717) is 6.54 Å². The van der Waals surface area contributed by atoms with Crippen LogP contribution in [0, 0.1) is 6.92 Å². The predicted octanol–water partition coefficient (Wildman–Crippen LogP) is 0.790. The zero-order valence-electron chi connectivity index (χ0n) is 9.05. The van der Waals surface area contributed by atoms with Gasteiger partial charge in [-0.25, -0.2) is 8.42 Å². The van der Waals surface area contributed by atoms with Gasteiger partial charge in [-0.05, 0) is 18.6 Å². The van der Waals surface area contributed by atoms with Gasteiger partial charge >= 0.3 is 0 Å². The van der Waals surface area contributed by atoms with E-state index < -0.39 is 9.84 Å². The monoisotopic (exact) mass is 238 g/mol. The smallest absolute Gasteiger partial charge is 0.173 e. The molecule has 1 aliphatic heterocycles. The van der Waals surface area contributed by atoms with E-state index in [2.05, 4.69) is 10.3 Å². The summed E-state index contributed by atoms with van der Waals surface area (Å²) in [5, 5.41) is 4.44. The molecule has 2 heterocycles. The Bertz CT molecular complexity index is 491. The number of sulfone groups is 1. The summed E-state index contributed by atoms with van der Waals surface area (Å²) in [6.07, 6.45) is 3.49. The molecule has 0 saturated heterocycles. The van der Waals surface area contributed by atoms with Crippen LogP contribution in [0.25, 0.3) is 0 Å². The molecule has 1 aromatic heterocycles. The van der Waals surface area contributed by atoms with Crippen LogP contribution in [0.15, 0.2) is 29.8 Å². The molecule has 0 bridgehead atoms. The fourth-order valence-electron chi connectivity index (χ4n) is 1.55. The Kier molecular flexibility index (Phi) is 3.07. The lowest BCUT2D eigenvalue weighted by atomic mass is 10.2. The van der Waals surface area contributed by atoms with Gasteiger partial charge in [0.05, 0.1) is 5.75 Å². The maximum absolute atomic E-state index is 11.2. The molecule has 1 aromatic rings. The molecule has 0 radical (unpaired) electrons. The van der Waals surface area contributed by atoms with Crippen molar-refractivity contribution in [3.05, 3.63) is 41.1 Å². The third-order valence-corrected chi connectivity index (χ3v) is 3.87. The van der Waals surface area contributed by atoms with Crippen LogP contribution >= 0.6 is 0 Å². The normalized spacial score (nSPS) is 22.4. The maximum atomic E-state index is 11.2. The van der Waals surface area contributed by atoms with Crippen molar-refractivity contribution >= 4 is 9.84 Å². The first-order valence-electron chi connectivity index (χ1n) is 5.11. The van der Waals surface area contributed by atoms with Crippen molar-refractivity contribution in [3.8, 4) is 0 Å². The molecule has 2 rings (SSSR count). The Hall–Kier alpha value is -1.20. The van der Waals surface area contributed by atoms with Crippen LogP contribution in [0.1, 0.15) is 11.3 Å². The summed E-state index contributed by atoms with van der Waals surface area (Å²) in [7, 11) is -2.97. The first kappa shape index (κ1) is 11.3. The molecule has 1 N–H and O–H groups in total. The van der Waals surface area contributed by atoms with Crippen molar-refractivity contribution in [1.82, 2.24) is 10.3 Å². The highest BCUT2D eigenvalue weighted by atomic mass is 32.2. The Labute approximate surface area is 95.3 Å².